The van der Waals surface area contributed by atoms with Crippen molar-refractivity contribution in [3.63, 3.8) is 0 Å². The zero-order valence-corrected chi connectivity index (χ0v) is 6.96. The molecule has 0 aromatic carbocycles. The van der Waals surface area contributed by atoms with Gasteiger partial charge in [-0.15, -0.1) is 12.3 Å². The SMILES string of the molecule is C#CCCc1cnn(C)c1C. The van der Waals surface area contributed by atoms with E-state index in [1.165, 1.54) is 11.3 Å². The third kappa shape index (κ3) is 1.62. The molecule has 0 saturated carbocycles. The van der Waals surface area contributed by atoms with Crippen molar-refractivity contribution in [1.29, 1.82) is 0 Å². The highest BCUT2D eigenvalue weighted by Gasteiger charge is 2.00. The molecule has 0 aliphatic heterocycles. The molecule has 1 aromatic rings. The fraction of sp³-hybridized carbons (Fsp3) is 0.444. The second kappa shape index (κ2) is 3.25. The normalized spacial score (nSPS) is 9.55. The lowest BCUT2D eigenvalue weighted by molar-refractivity contribution is 0.737. The number of hydrogen-bond acceptors (Lipinski definition) is 1. The molecule has 1 aromatic heterocycles. The van der Waals surface area contributed by atoms with Crippen LogP contribution in [0.4, 0.5) is 0 Å². The summed E-state index contributed by atoms with van der Waals surface area (Å²) >= 11 is 0. The Balaban J connectivity index is 2.72. The maximum absolute atomic E-state index is 5.16. The van der Waals surface area contributed by atoms with Crippen molar-refractivity contribution in [2.45, 2.75) is 19.8 Å². The van der Waals surface area contributed by atoms with Crippen LogP contribution in [0.3, 0.4) is 0 Å². The van der Waals surface area contributed by atoms with E-state index >= 15 is 0 Å². The van der Waals surface area contributed by atoms with Crippen molar-refractivity contribution >= 4 is 0 Å². The molecule has 11 heavy (non-hydrogen) atoms. The maximum Gasteiger partial charge on any atom is 0.0524 e. The van der Waals surface area contributed by atoms with E-state index in [4.69, 9.17) is 6.42 Å². The van der Waals surface area contributed by atoms with Gasteiger partial charge in [-0.2, -0.15) is 5.10 Å². The molecule has 2 nitrogen and oxygen atoms in total. The van der Waals surface area contributed by atoms with E-state index in [0.29, 0.717) is 0 Å². The van der Waals surface area contributed by atoms with Crippen LogP contribution >= 0.6 is 0 Å². The van der Waals surface area contributed by atoms with Crippen LogP contribution in [0.5, 0.6) is 0 Å². The second-order valence-electron chi connectivity index (χ2n) is 2.58. The van der Waals surface area contributed by atoms with Crippen molar-refractivity contribution in [2.24, 2.45) is 7.05 Å². The summed E-state index contributed by atoms with van der Waals surface area (Å²) in [5, 5.41) is 4.12. The smallest absolute Gasteiger partial charge is 0.0524 e. The van der Waals surface area contributed by atoms with E-state index in [9.17, 15) is 0 Å². The number of nitrogens with zero attached hydrogens (tertiary/aromatic N) is 2. The number of terminal acetylenes is 1. The number of aromatic nitrogens is 2. The standard InChI is InChI=1S/C9H12N2/c1-4-5-6-9-7-10-11(3)8(9)2/h1,7H,5-6H2,2-3H3. The molecule has 2 heteroatoms. The number of aryl methyl sites for hydroxylation is 2. The average molecular weight is 148 g/mol. The molecular weight excluding hydrogens is 136 g/mol. The maximum atomic E-state index is 5.16. The molecule has 0 spiro atoms. The van der Waals surface area contributed by atoms with Crippen LogP contribution in [0.1, 0.15) is 17.7 Å². The summed E-state index contributed by atoms with van der Waals surface area (Å²) in [5.74, 6) is 2.62. The van der Waals surface area contributed by atoms with Crippen LogP contribution in [-0.2, 0) is 13.5 Å². The lowest BCUT2D eigenvalue weighted by Gasteiger charge is -1.95. The molecule has 0 saturated heterocycles. The first-order chi connectivity index (χ1) is 5.25. The van der Waals surface area contributed by atoms with Gasteiger partial charge in [-0.25, -0.2) is 0 Å². The van der Waals surface area contributed by atoms with E-state index in [2.05, 4.69) is 17.9 Å². The highest BCUT2D eigenvalue weighted by molar-refractivity contribution is 5.16. The highest BCUT2D eigenvalue weighted by atomic mass is 15.3. The van der Waals surface area contributed by atoms with Crippen molar-refractivity contribution < 1.29 is 0 Å². The minimum absolute atomic E-state index is 0.798. The Morgan fingerprint density at radius 2 is 2.45 bits per heavy atom. The minimum Gasteiger partial charge on any atom is -0.273 e. The molecular formula is C9H12N2. The first-order valence-electron chi connectivity index (χ1n) is 3.66. The van der Waals surface area contributed by atoms with Gasteiger partial charge in [-0.1, -0.05) is 0 Å². The average Bonchev–Trinajstić information content (AvgIpc) is 2.31. The Morgan fingerprint density at radius 3 is 2.91 bits per heavy atom. The van der Waals surface area contributed by atoms with Crippen LogP contribution in [0.2, 0.25) is 0 Å². The van der Waals surface area contributed by atoms with E-state index in [0.717, 1.165) is 12.8 Å². The molecule has 1 rings (SSSR count). The first-order valence-corrected chi connectivity index (χ1v) is 3.66. The molecule has 1 heterocycles. The van der Waals surface area contributed by atoms with Gasteiger partial charge in [0.1, 0.15) is 0 Å². The molecule has 0 N–H and O–H groups in total. The summed E-state index contributed by atoms with van der Waals surface area (Å²) in [4.78, 5) is 0. The van der Waals surface area contributed by atoms with Gasteiger partial charge in [0, 0.05) is 19.2 Å². The molecule has 0 radical (unpaired) electrons. The monoisotopic (exact) mass is 148 g/mol. The van der Waals surface area contributed by atoms with E-state index in [1.54, 1.807) is 0 Å². The largest absolute Gasteiger partial charge is 0.273 e. The predicted molar refractivity (Wildman–Crippen MR) is 45.1 cm³/mol. The Bertz CT molecular complexity index is 278. The van der Waals surface area contributed by atoms with Gasteiger partial charge in [0.25, 0.3) is 0 Å². The zero-order chi connectivity index (χ0) is 8.27. The summed E-state index contributed by atoms with van der Waals surface area (Å²) in [5.41, 5.74) is 2.46. The number of rotatable bonds is 2. The van der Waals surface area contributed by atoms with Gasteiger partial charge in [0.15, 0.2) is 0 Å². The lowest BCUT2D eigenvalue weighted by Crippen LogP contribution is -1.93. The molecule has 58 valence electrons. The summed E-state index contributed by atoms with van der Waals surface area (Å²) in [6.45, 7) is 2.05. The molecule has 0 amide bonds. The van der Waals surface area contributed by atoms with Crippen molar-refractivity contribution in [3.05, 3.63) is 17.5 Å². The molecule has 0 fully saturated rings. The third-order valence-electron chi connectivity index (χ3n) is 1.88. The van der Waals surface area contributed by atoms with Crippen molar-refractivity contribution in [2.75, 3.05) is 0 Å². The van der Waals surface area contributed by atoms with Crippen LogP contribution in [0, 0.1) is 19.3 Å². The van der Waals surface area contributed by atoms with Crippen LogP contribution < -0.4 is 0 Å². The van der Waals surface area contributed by atoms with E-state index in [-0.39, 0.29) is 0 Å². The second-order valence-corrected chi connectivity index (χ2v) is 2.58. The van der Waals surface area contributed by atoms with Gasteiger partial charge in [0.05, 0.1) is 6.20 Å². The van der Waals surface area contributed by atoms with Gasteiger partial charge < -0.3 is 0 Å². The molecule has 0 aliphatic rings. The summed E-state index contributed by atoms with van der Waals surface area (Å²) in [6.07, 6.45) is 8.78. The quantitative estimate of drug-likeness (QED) is 0.578. The Kier molecular flexibility index (Phi) is 2.32. The molecule has 0 bridgehead atoms. The van der Waals surface area contributed by atoms with Gasteiger partial charge in [0.2, 0.25) is 0 Å². The molecule has 0 atom stereocenters. The minimum atomic E-state index is 0.798. The van der Waals surface area contributed by atoms with Gasteiger partial charge in [-0.3, -0.25) is 4.68 Å². The topological polar surface area (TPSA) is 17.8 Å². The summed E-state index contributed by atoms with van der Waals surface area (Å²) < 4.78 is 1.87. The fourth-order valence-corrected chi connectivity index (χ4v) is 0.996. The van der Waals surface area contributed by atoms with Gasteiger partial charge in [-0.05, 0) is 18.9 Å². The predicted octanol–water partition coefficient (Wildman–Crippen LogP) is 1.29. The summed E-state index contributed by atoms with van der Waals surface area (Å²) in [7, 11) is 1.94. The zero-order valence-electron chi connectivity index (χ0n) is 6.96. The van der Waals surface area contributed by atoms with Crippen LogP contribution in [-0.4, -0.2) is 9.78 Å². The van der Waals surface area contributed by atoms with Crippen LogP contribution in [0.25, 0.3) is 0 Å². The molecule has 0 aliphatic carbocycles. The third-order valence-corrected chi connectivity index (χ3v) is 1.88. The Hall–Kier alpha value is -1.23. The van der Waals surface area contributed by atoms with Crippen molar-refractivity contribution in [1.82, 2.24) is 9.78 Å². The summed E-state index contributed by atoms with van der Waals surface area (Å²) in [6, 6.07) is 0. The van der Waals surface area contributed by atoms with E-state index in [1.807, 2.05) is 17.9 Å². The van der Waals surface area contributed by atoms with Crippen molar-refractivity contribution in [3.8, 4) is 12.3 Å². The fourth-order valence-electron chi connectivity index (χ4n) is 0.996. The highest BCUT2D eigenvalue weighted by Crippen LogP contribution is 2.07. The first kappa shape index (κ1) is 7.87. The van der Waals surface area contributed by atoms with Gasteiger partial charge >= 0.3 is 0 Å². The molecule has 0 unspecified atom stereocenters. The Labute approximate surface area is 67.2 Å². The number of hydrogen-bond donors (Lipinski definition) is 0. The van der Waals surface area contributed by atoms with E-state index < -0.39 is 0 Å². The Morgan fingerprint density at radius 1 is 1.73 bits per heavy atom. The van der Waals surface area contributed by atoms with Crippen LogP contribution in [0.15, 0.2) is 6.20 Å². The lowest BCUT2D eigenvalue weighted by atomic mass is 10.1.